The van der Waals surface area contributed by atoms with Crippen LogP contribution in [0, 0.1) is 5.92 Å². The van der Waals surface area contributed by atoms with Crippen LogP contribution in [-0.2, 0) is 6.42 Å². The SMILES string of the molecule is COc1ccc(Br)c(CC2CCNCC2)c1OC1CCCC1. The topological polar surface area (TPSA) is 30.5 Å². The van der Waals surface area contributed by atoms with Crippen LogP contribution in [0.15, 0.2) is 16.6 Å². The van der Waals surface area contributed by atoms with Crippen molar-refractivity contribution in [1.82, 2.24) is 5.32 Å². The summed E-state index contributed by atoms with van der Waals surface area (Å²) in [5.74, 6) is 2.58. The largest absolute Gasteiger partial charge is 0.493 e. The van der Waals surface area contributed by atoms with Crippen molar-refractivity contribution in [3.63, 3.8) is 0 Å². The molecule has 2 fully saturated rings. The Balaban J connectivity index is 1.84. The maximum atomic E-state index is 6.38. The minimum atomic E-state index is 0.356. The van der Waals surface area contributed by atoms with E-state index in [2.05, 4.69) is 27.3 Å². The molecule has 0 bridgehead atoms. The highest BCUT2D eigenvalue weighted by atomic mass is 79.9. The second-order valence-corrected chi connectivity index (χ2v) is 7.33. The van der Waals surface area contributed by atoms with Gasteiger partial charge in [-0.25, -0.2) is 0 Å². The molecule has 3 nitrogen and oxygen atoms in total. The number of halogens is 1. The molecule has 1 aromatic carbocycles. The van der Waals surface area contributed by atoms with Crippen LogP contribution in [0.4, 0.5) is 0 Å². The summed E-state index contributed by atoms with van der Waals surface area (Å²) in [6, 6.07) is 4.11. The minimum absolute atomic E-state index is 0.356. The summed E-state index contributed by atoms with van der Waals surface area (Å²) in [5.41, 5.74) is 1.29. The van der Waals surface area contributed by atoms with E-state index in [-0.39, 0.29) is 0 Å². The smallest absolute Gasteiger partial charge is 0.165 e. The minimum Gasteiger partial charge on any atom is -0.493 e. The van der Waals surface area contributed by atoms with Crippen LogP contribution < -0.4 is 14.8 Å². The molecule has 1 aliphatic heterocycles. The van der Waals surface area contributed by atoms with Crippen LogP contribution >= 0.6 is 15.9 Å². The third-order valence-electron chi connectivity index (χ3n) is 4.93. The van der Waals surface area contributed by atoms with Crippen LogP contribution in [0.25, 0.3) is 0 Å². The summed E-state index contributed by atoms with van der Waals surface area (Å²) >= 11 is 3.74. The molecule has 0 amide bonds. The number of hydrogen-bond donors (Lipinski definition) is 1. The monoisotopic (exact) mass is 367 g/mol. The molecule has 0 radical (unpaired) electrons. The Morgan fingerprint density at radius 2 is 1.86 bits per heavy atom. The van der Waals surface area contributed by atoms with Crippen molar-refractivity contribution in [2.45, 2.75) is 51.0 Å². The Hall–Kier alpha value is -0.740. The summed E-state index contributed by atoms with van der Waals surface area (Å²) in [7, 11) is 1.74. The summed E-state index contributed by atoms with van der Waals surface area (Å²) < 4.78 is 13.1. The van der Waals surface area contributed by atoms with Crippen molar-refractivity contribution in [2.75, 3.05) is 20.2 Å². The van der Waals surface area contributed by atoms with Crippen LogP contribution in [0.1, 0.15) is 44.1 Å². The number of piperidine rings is 1. The van der Waals surface area contributed by atoms with Crippen molar-refractivity contribution in [1.29, 1.82) is 0 Å². The maximum Gasteiger partial charge on any atom is 0.165 e. The van der Waals surface area contributed by atoms with Gasteiger partial charge < -0.3 is 14.8 Å². The van der Waals surface area contributed by atoms with Gasteiger partial charge in [-0.3, -0.25) is 0 Å². The van der Waals surface area contributed by atoms with Gasteiger partial charge >= 0.3 is 0 Å². The zero-order valence-electron chi connectivity index (χ0n) is 13.4. The lowest BCUT2D eigenvalue weighted by molar-refractivity contribution is 0.197. The van der Waals surface area contributed by atoms with Crippen LogP contribution in [0.3, 0.4) is 0 Å². The summed E-state index contributed by atoms with van der Waals surface area (Å²) in [4.78, 5) is 0. The first-order chi connectivity index (χ1) is 10.8. The van der Waals surface area contributed by atoms with Crippen molar-refractivity contribution in [3.8, 4) is 11.5 Å². The maximum absolute atomic E-state index is 6.38. The lowest BCUT2D eigenvalue weighted by atomic mass is 9.90. The fourth-order valence-electron chi connectivity index (χ4n) is 3.61. The van der Waals surface area contributed by atoms with E-state index < -0.39 is 0 Å². The van der Waals surface area contributed by atoms with Gasteiger partial charge in [0.1, 0.15) is 0 Å². The van der Waals surface area contributed by atoms with Crippen molar-refractivity contribution in [3.05, 3.63) is 22.2 Å². The van der Waals surface area contributed by atoms with Gasteiger partial charge in [0.25, 0.3) is 0 Å². The van der Waals surface area contributed by atoms with Gasteiger partial charge in [-0.1, -0.05) is 15.9 Å². The van der Waals surface area contributed by atoms with E-state index in [0.29, 0.717) is 6.10 Å². The zero-order chi connectivity index (χ0) is 15.4. The molecule has 0 aromatic heterocycles. The van der Waals surface area contributed by atoms with Gasteiger partial charge in [-0.2, -0.15) is 0 Å². The highest BCUT2D eigenvalue weighted by Gasteiger charge is 2.24. The predicted octanol–water partition coefficient (Wildman–Crippen LogP) is 4.32. The Kier molecular flexibility index (Phi) is 5.64. The average Bonchev–Trinajstić information content (AvgIpc) is 3.05. The van der Waals surface area contributed by atoms with Crippen LogP contribution in [0.5, 0.6) is 11.5 Å². The van der Waals surface area contributed by atoms with E-state index in [0.717, 1.165) is 41.4 Å². The molecule has 22 heavy (non-hydrogen) atoms. The number of methoxy groups -OCH3 is 1. The zero-order valence-corrected chi connectivity index (χ0v) is 15.0. The van der Waals surface area contributed by atoms with Crippen LogP contribution in [-0.4, -0.2) is 26.3 Å². The second kappa shape index (κ2) is 7.69. The van der Waals surface area contributed by atoms with E-state index >= 15 is 0 Å². The van der Waals surface area contributed by atoms with Crippen molar-refractivity contribution in [2.24, 2.45) is 5.92 Å². The standard InChI is InChI=1S/C18H26BrNO2/c1-21-17-7-6-16(19)15(12-13-8-10-20-11-9-13)18(17)22-14-4-2-3-5-14/h6-7,13-14,20H,2-5,8-12H2,1H3. The van der Waals surface area contributed by atoms with Crippen molar-refractivity contribution >= 4 is 15.9 Å². The first-order valence-corrected chi connectivity index (χ1v) is 9.30. The lowest BCUT2D eigenvalue weighted by Crippen LogP contribution is -2.29. The van der Waals surface area contributed by atoms with E-state index in [4.69, 9.17) is 9.47 Å². The lowest BCUT2D eigenvalue weighted by Gasteiger charge is -2.26. The molecule has 1 heterocycles. The van der Waals surface area contributed by atoms with Gasteiger partial charge in [0.2, 0.25) is 0 Å². The number of benzene rings is 1. The number of ether oxygens (including phenoxy) is 2. The first kappa shape index (κ1) is 16.1. The fourth-order valence-corrected chi connectivity index (χ4v) is 4.08. The summed E-state index contributed by atoms with van der Waals surface area (Å²) in [6.07, 6.45) is 8.82. The third kappa shape index (κ3) is 3.77. The molecule has 2 aliphatic rings. The van der Waals surface area contributed by atoms with E-state index in [1.807, 2.05) is 6.07 Å². The first-order valence-electron chi connectivity index (χ1n) is 8.50. The molecule has 122 valence electrons. The quantitative estimate of drug-likeness (QED) is 0.840. The van der Waals surface area contributed by atoms with Gasteiger partial charge in [0.15, 0.2) is 11.5 Å². The fraction of sp³-hybridized carbons (Fsp3) is 0.667. The Labute approximate surface area is 141 Å². The van der Waals surface area contributed by atoms with E-state index in [9.17, 15) is 0 Å². The number of hydrogen-bond acceptors (Lipinski definition) is 3. The molecule has 1 aliphatic carbocycles. The molecule has 1 aromatic rings. The number of rotatable bonds is 5. The molecule has 0 spiro atoms. The molecule has 1 saturated carbocycles. The molecule has 4 heteroatoms. The molecule has 0 atom stereocenters. The highest BCUT2D eigenvalue weighted by molar-refractivity contribution is 9.10. The molecule has 3 rings (SSSR count). The molecular formula is C18H26BrNO2. The predicted molar refractivity (Wildman–Crippen MR) is 92.9 cm³/mol. The van der Waals surface area contributed by atoms with Crippen molar-refractivity contribution < 1.29 is 9.47 Å². The normalized spacial score (nSPS) is 20.3. The summed E-state index contributed by atoms with van der Waals surface area (Å²) in [5, 5.41) is 3.44. The summed E-state index contributed by atoms with van der Waals surface area (Å²) in [6.45, 7) is 2.26. The Morgan fingerprint density at radius 1 is 1.14 bits per heavy atom. The second-order valence-electron chi connectivity index (χ2n) is 6.48. The molecule has 1 saturated heterocycles. The van der Waals surface area contributed by atoms with E-state index in [1.165, 1.54) is 44.1 Å². The van der Waals surface area contributed by atoms with Gasteiger partial charge in [-0.15, -0.1) is 0 Å². The number of nitrogens with one attached hydrogen (secondary N) is 1. The Morgan fingerprint density at radius 3 is 2.55 bits per heavy atom. The molecule has 1 N–H and O–H groups in total. The Bertz CT molecular complexity index is 494. The molecular weight excluding hydrogens is 342 g/mol. The molecule has 0 unspecified atom stereocenters. The van der Waals surface area contributed by atoms with Crippen LogP contribution in [0.2, 0.25) is 0 Å². The van der Waals surface area contributed by atoms with Gasteiger partial charge in [-0.05, 0) is 76.1 Å². The van der Waals surface area contributed by atoms with Gasteiger partial charge in [0, 0.05) is 10.0 Å². The average molecular weight is 368 g/mol. The van der Waals surface area contributed by atoms with Gasteiger partial charge in [0.05, 0.1) is 13.2 Å². The highest BCUT2D eigenvalue weighted by Crippen LogP contribution is 2.40. The third-order valence-corrected chi connectivity index (χ3v) is 5.67. The van der Waals surface area contributed by atoms with E-state index in [1.54, 1.807) is 7.11 Å².